The fourth-order valence-corrected chi connectivity index (χ4v) is 4.13. The number of amides is 1. The van der Waals surface area contributed by atoms with Gasteiger partial charge in [0.15, 0.2) is 0 Å². The van der Waals surface area contributed by atoms with Crippen LogP contribution in [0, 0.1) is 0 Å². The van der Waals surface area contributed by atoms with Crippen molar-refractivity contribution in [1.82, 2.24) is 9.97 Å². The maximum absolute atomic E-state index is 12.3. The number of rotatable bonds is 4. The van der Waals surface area contributed by atoms with Gasteiger partial charge in [0.25, 0.3) is 0 Å². The number of pyridine rings is 1. The molecule has 1 amide bonds. The summed E-state index contributed by atoms with van der Waals surface area (Å²) in [6.45, 7) is 0. The summed E-state index contributed by atoms with van der Waals surface area (Å²) in [5, 5.41) is 4.60. The molecule has 0 spiro atoms. The van der Waals surface area contributed by atoms with Gasteiger partial charge >= 0.3 is 0 Å². The van der Waals surface area contributed by atoms with Crippen molar-refractivity contribution < 1.29 is 4.79 Å². The SMILES string of the molecule is O=C(Cc1c(Cl)cccc1Cl)Nc1ccc(-c2nc3ccccc3s2)cn1. The lowest BCUT2D eigenvalue weighted by atomic mass is 10.1. The van der Waals surface area contributed by atoms with Crippen molar-refractivity contribution in [3.05, 3.63) is 76.4 Å². The third-order valence-corrected chi connectivity index (χ3v) is 5.76. The van der Waals surface area contributed by atoms with Crippen molar-refractivity contribution in [2.45, 2.75) is 6.42 Å². The number of halogens is 2. The summed E-state index contributed by atoms with van der Waals surface area (Å²) in [5.74, 6) is 0.235. The number of hydrogen-bond donors (Lipinski definition) is 1. The summed E-state index contributed by atoms with van der Waals surface area (Å²) in [6, 6.07) is 16.8. The summed E-state index contributed by atoms with van der Waals surface area (Å²) in [5.41, 5.74) is 2.47. The number of benzene rings is 2. The fourth-order valence-electron chi connectivity index (χ4n) is 2.64. The van der Waals surface area contributed by atoms with Crippen molar-refractivity contribution in [3.63, 3.8) is 0 Å². The minimum atomic E-state index is -0.231. The molecule has 2 aromatic carbocycles. The van der Waals surface area contributed by atoms with Gasteiger partial charge in [-0.2, -0.15) is 0 Å². The summed E-state index contributed by atoms with van der Waals surface area (Å²) in [4.78, 5) is 21.2. The molecule has 0 saturated heterocycles. The molecular formula is C20H13Cl2N3OS. The Kier molecular flexibility index (Phi) is 5.07. The predicted octanol–water partition coefficient (Wildman–Crippen LogP) is 5.85. The Hall–Kier alpha value is -2.47. The van der Waals surface area contributed by atoms with Gasteiger partial charge in [-0.1, -0.05) is 41.4 Å². The second kappa shape index (κ2) is 7.64. The molecule has 0 radical (unpaired) electrons. The van der Waals surface area contributed by atoms with Gasteiger partial charge in [0.1, 0.15) is 10.8 Å². The van der Waals surface area contributed by atoms with Gasteiger partial charge in [-0.15, -0.1) is 11.3 Å². The lowest BCUT2D eigenvalue weighted by Crippen LogP contribution is -2.15. The molecule has 7 heteroatoms. The first kappa shape index (κ1) is 17.9. The van der Waals surface area contributed by atoms with E-state index < -0.39 is 0 Å². The Morgan fingerprint density at radius 2 is 1.78 bits per heavy atom. The molecule has 0 unspecified atom stereocenters. The van der Waals surface area contributed by atoms with E-state index in [4.69, 9.17) is 23.2 Å². The Balaban J connectivity index is 1.48. The number of anilines is 1. The fraction of sp³-hybridized carbons (Fsp3) is 0.0500. The highest BCUT2D eigenvalue weighted by molar-refractivity contribution is 7.21. The molecule has 0 aliphatic carbocycles. The van der Waals surface area contributed by atoms with Crippen molar-refractivity contribution >= 4 is 56.5 Å². The van der Waals surface area contributed by atoms with E-state index in [0.717, 1.165) is 20.8 Å². The van der Waals surface area contributed by atoms with Gasteiger partial charge in [0, 0.05) is 21.8 Å². The average molecular weight is 414 g/mol. The van der Waals surface area contributed by atoms with Gasteiger partial charge in [-0.3, -0.25) is 4.79 Å². The number of nitrogens with zero attached hydrogens (tertiary/aromatic N) is 2. The van der Waals surface area contributed by atoms with E-state index >= 15 is 0 Å². The molecule has 4 aromatic rings. The van der Waals surface area contributed by atoms with Crippen LogP contribution in [-0.2, 0) is 11.2 Å². The number of hydrogen-bond acceptors (Lipinski definition) is 4. The number of carbonyl (C=O) groups excluding carboxylic acids is 1. The first-order chi connectivity index (χ1) is 13.1. The second-order valence-corrected chi connectivity index (χ2v) is 7.69. The zero-order valence-electron chi connectivity index (χ0n) is 13.9. The summed E-state index contributed by atoms with van der Waals surface area (Å²) >= 11 is 13.8. The van der Waals surface area contributed by atoms with Gasteiger partial charge in [0.05, 0.1) is 16.6 Å². The largest absolute Gasteiger partial charge is 0.310 e. The zero-order valence-corrected chi connectivity index (χ0v) is 16.3. The smallest absolute Gasteiger partial charge is 0.230 e. The van der Waals surface area contributed by atoms with Crippen LogP contribution in [0.1, 0.15) is 5.56 Å². The highest BCUT2D eigenvalue weighted by atomic mass is 35.5. The predicted molar refractivity (Wildman–Crippen MR) is 112 cm³/mol. The Labute approximate surface area is 169 Å². The quantitative estimate of drug-likeness (QED) is 0.456. The topological polar surface area (TPSA) is 54.9 Å². The number of thiazole rings is 1. The first-order valence-electron chi connectivity index (χ1n) is 8.15. The maximum Gasteiger partial charge on any atom is 0.230 e. The Morgan fingerprint density at radius 1 is 1.00 bits per heavy atom. The second-order valence-electron chi connectivity index (χ2n) is 5.84. The molecule has 0 fully saturated rings. The third-order valence-electron chi connectivity index (χ3n) is 3.97. The molecule has 134 valence electrons. The van der Waals surface area contributed by atoms with Crippen LogP contribution < -0.4 is 5.32 Å². The number of nitrogens with one attached hydrogen (secondary N) is 1. The van der Waals surface area contributed by atoms with Crippen LogP contribution >= 0.6 is 34.5 Å². The van der Waals surface area contributed by atoms with E-state index in [2.05, 4.69) is 15.3 Å². The van der Waals surface area contributed by atoms with Crippen LogP contribution in [0.3, 0.4) is 0 Å². The van der Waals surface area contributed by atoms with E-state index in [1.165, 1.54) is 0 Å². The molecule has 0 saturated carbocycles. The lowest BCUT2D eigenvalue weighted by Gasteiger charge is -2.08. The zero-order chi connectivity index (χ0) is 18.8. The number of fused-ring (bicyclic) bond motifs is 1. The highest BCUT2D eigenvalue weighted by Crippen LogP contribution is 2.30. The normalized spacial score (nSPS) is 10.9. The van der Waals surface area contributed by atoms with Gasteiger partial charge in [-0.25, -0.2) is 9.97 Å². The van der Waals surface area contributed by atoms with Crippen molar-refractivity contribution in [2.75, 3.05) is 5.32 Å². The lowest BCUT2D eigenvalue weighted by molar-refractivity contribution is -0.115. The molecule has 0 atom stereocenters. The number of para-hydroxylation sites is 1. The van der Waals surface area contributed by atoms with Gasteiger partial charge in [-0.05, 0) is 42.0 Å². The Morgan fingerprint density at radius 3 is 2.48 bits per heavy atom. The van der Waals surface area contributed by atoms with E-state index in [1.54, 1.807) is 41.8 Å². The van der Waals surface area contributed by atoms with Crippen LogP contribution in [0.5, 0.6) is 0 Å². The highest BCUT2D eigenvalue weighted by Gasteiger charge is 2.12. The minimum absolute atomic E-state index is 0.0831. The standard InChI is InChI=1S/C20H13Cl2N3OS/c21-14-4-3-5-15(22)13(14)10-19(26)25-18-9-8-12(11-23-18)20-24-16-6-1-2-7-17(16)27-20/h1-9,11H,10H2,(H,23,25,26). The first-order valence-corrected chi connectivity index (χ1v) is 9.72. The van der Waals surface area contributed by atoms with Crippen LogP contribution in [-0.4, -0.2) is 15.9 Å². The minimum Gasteiger partial charge on any atom is -0.310 e. The van der Waals surface area contributed by atoms with Crippen LogP contribution in [0.2, 0.25) is 10.0 Å². The molecule has 0 aliphatic rings. The van der Waals surface area contributed by atoms with Crippen molar-refractivity contribution in [3.8, 4) is 10.6 Å². The number of aromatic nitrogens is 2. The summed E-state index contributed by atoms with van der Waals surface area (Å²) in [7, 11) is 0. The molecule has 1 N–H and O–H groups in total. The van der Waals surface area contributed by atoms with Crippen LogP contribution in [0.4, 0.5) is 5.82 Å². The third kappa shape index (κ3) is 3.95. The van der Waals surface area contributed by atoms with E-state index in [1.807, 2.05) is 30.3 Å². The van der Waals surface area contributed by atoms with Crippen molar-refractivity contribution in [1.29, 1.82) is 0 Å². The summed E-state index contributed by atoms with van der Waals surface area (Å²) in [6.07, 6.45) is 1.79. The van der Waals surface area contributed by atoms with Crippen molar-refractivity contribution in [2.24, 2.45) is 0 Å². The average Bonchev–Trinajstić information content (AvgIpc) is 3.10. The van der Waals surface area contributed by atoms with Crippen LogP contribution in [0.15, 0.2) is 60.8 Å². The molecular weight excluding hydrogens is 401 g/mol. The van der Waals surface area contributed by atoms with Gasteiger partial charge in [0.2, 0.25) is 5.91 Å². The molecule has 2 aromatic heterocycles. The molecule has 27 heavy (non-hydrogen) atoms. The monoisotopic (exact) mass is 413 g/mol. The molecule has 4 nitrogen and oxygen atoms in total. The van der Waals surface area contributed by atoms with E-state index in [-0.39, 0.29) is 12.3 Å². The van der Waals surface area contributed by atoms with E-state index in [0.29, 0.717) is 21.4 Å². The maximum atomic E-state index is 12.3. The van der Waals surface area contributed by atoms with Gasteiger partial charge < -0.3 is 5.32 Å². The molecule has 0 bridgehead atoms. The molecule has 0 aliphatic heterocycles. The Bertz CT molecular complexity index is 1070. The van der Waals surface area contributed by atoms with Crippen LogP contribution in [0.25, 0.3) is 20.8 Å². The summed E-state index contributed by atoms with van der Waals surface area (Å²) < 4.78 is 1.13. The molecule has 2 heterocycles. The van der Waals surface area contributed by atoms with E-state index in [9.17, 15) is 4.79 Å². The number of carbonyl (C=O) groups is 1. The molecule has 4 rings (SSSR count).